The second kappa shape index (κ2) is 8.14. The first kappa shape index (κ1) is 16.8. The number of carbonyl (C=O) groups is 2. The predicted molar refractivity (Wildman–Crippen MR) is 82.3 cm³/mol. The van der Waals surface area contributed by atoms with Crippen molar-refractivity contribution in [3.8, 4) is 5.75 Å². The number of amides is 2. The number of nitrogens with one attached hydrogen (secondary N) is 2. The predicted octanol–water partition coefficient (Wildman–Crippen LogP) is 1.31. The van der Waals surface area contributed by atoms with Crippen molar-refractivity contribution in [3.05, 3.63) is 23.8 Å². The summed E-state index contributed by atoms with van der Waals surface area (Å²) < 4.78 is 5.34. The van der Waals surface area contributed by atoms with Crippen molar-refractivity contribution in [2.24, 2.45) is 0 Å². The first-order valence-electron chi connectivity index (χ1n) is 7.03. The SMILES string of the molecule is CCOc1cc(N)cc(C(=O)NCCC(=O)NC(C)C)c1. The van der Waals surface area contributed by atoms with Gasteiger partial charge in [0, 0.05) is 36.3 Å². The van der Waals surface area contributed by atoms with Crippen LogP contribution in [0.25, 0.3) is 0 Å². The molecule has 0 saturated heterocycles. The molecule has 0 aliphatic carbocycles. The number of nitrogen functional groups attached to an aromatic ring is 1. The fraction of sp³-hybridized carbons (Fsp3) is 0.467. The number of ether oxygens (including phenoxy) is 1. The van der Waals surface area contributed by atoms with Crippen LogP contribution in [0.5, 0.6) is 5.75 Å². The van der Waals surface area contributed by atoms with Crippen LogP contribution in [0.4, 0.5) is 5.69 Å². The quantitative estimate of drug-likeness (QED) is 0.661. The lowest BCUT2D eigenvalue weighted by molar-refractivity contribution is -0.121. The molecule has 0 unspecified atom stereocenters. The molecule has 0 aromatic heterocycles. The molecule has 0 heterocycles. The van der Waals surface area contributed by atoms with E-state index < -0.39 is 0 Å². The highest BCUT2D eigenvalue weighted by Gasteiger charge is 2.09. The third-order valence-corrected chi connectivity index (χ3v) is 2.59. The molecule has 6 nitrogen and oxygen atoms in total. The van der Waals surface area contributed by atoms with Crippen LogP contribution in [-0.2, 0) is 4.79 Å². The molecule has 1 aromatic rings. The Morgan fingerprint density at radius 3 is 2.62 bits per heavy atom. The normalized spacial score (nSPS) is 10.3. The highest BCUT2D eigenvalue weighted by Crippen LogP contribution is 2.18. The minimum atomic E-state index is -0.277. The van der Waals surface area contributed by atoms with Crippen LogP contribution < -0.4 is 21.1 Å². The molecule has 0 atom stereocenters. The number of anilines is 1. The van der Waals surface area contributed by atoms with E-state index in [0.717, 1.165) is 0 Å². The number of rotatable bonds is 7. The third-order valence-electron chi connectivity index (χ3n) is 2.59. The highest BCUT2D eigenvalue weighted by atomic mass is 16.5. The molecule has 0 bridgehead atoms. The van der Waals surface area contributed by atoms with E-state index in [1.54, 1.807) is 18.2 Å². The Hall–Kier alpha value is -2.24. The molecule has 0 saturated carbocycles. The lowest BCUT2D eigenvalue weighted by Crippen LogP contribution is -2.34. The van der Waals surface area contributed by atoms with E-state index in [1.807, 2.05) is 20.8 Å². The number of nitrogens with two attached hydrogens (primary N) is 1. The van der Waals surface area contributed by atoms with E-state index in [9.17, 15) is 9.59 Å². The van der Waals surface area contributed by atoms with Crippen LogP contribution >= 0.6 is 0 Å². The van der Waals surface area contributed by atoms with Crippen LogP contribution in [0, 0.1) is 0 Å². The van der Waals surface area contributed by atoms with Gasteiger partial charge in [-0.3, -0.25) is 9.59 Å². The first-order chi connectivity index (χ1) is 9.92. The summed E-state index contributed by atoms with van der Waals surface area (Å²) in [5.41, 5.74) is 6.62. The van der Waals surface area contributed by atoms with Gasteiger partial charge in [0.25, 0.3) is 5.91 Å². The lowest BCUT2D eigenvalue weighted by Gasteiger charge is -2.10. The Bertz CT molecular complexity index is 501. The minimum absolute atomic E-state index is 0.0899. The molecule has 116 valence electrons. The van der Waals surface area contributed by atoms with Crippen molar-refractivity contribution in [2.45, 2.75) is 33.2 Å². The zero-order valence-corrected chi connectivity index (χ0v) is 12.7. The fourth-order valence-electron chi connectivity index (χ4n) is 1.79. The summed E-state index contributed by atoms with van der Waals surface area (Å²) in [7, 11) is 0. The van der Waals surface area contributed by atoms with Crippen molar-refractivity contribution in [3.63, 3.8) is 0 Å². The highest BCUT2D eigenvalue weighted by molar-refractivity contribution is 5.95. The molecule has 0 radical (unpaired) electrons. The topological polar surface area (TPSA) is 93.4 Å². The van der Waals surface area contributed by atoms with Crippen LogP contribution in [0.3, 0.4) is 0 Å². The van der Waals surface area contributed by atoms with Gasteiger partial charge in [-0.2, -0.15) is 0 Å². The molecular weight excluding hydrogens is 270 g/mol. The number of benzene rings is 1. The van der Waals surface area contributed by atoms with Gasteiger partial charge in [0.1, 0.15) is 5.75 Å². The smallest absolute Gasteiger partial charge is 0.251 e. The van der Waals surface area contributed by atoms with Crippen molar-refractivity contribution in [1.82, 2.24) is 10.6 Å². The lowest BCUT2D eigenvalue weighted by atomic mass is 10.1. The van der Waals surface area contributed by atoms with Crippen molar-refractivity contribution < 1.29 is 14.3 Å². The van der Waals surface area contributed by atoms with Crippen LogP contribution in [0.15, 0.2) is 18.2 Å². The zero-order valence-electron chi connectivity index (χ0n) is 12.7. The summed E-state index contributed by atoms with van der Waals surface area (Å²) in [6.45, 7) is 6.41. The van der Waals surface area contributed by atoms with Crippen molar-refractivity contribution in [2.75, 3.05) is 18.9 Å². The van der Waals surface area contributed by atoms with Crippen molar-refractivity contribution >= 4 is 17.5 Å². The monoisotopic (exact) mass is 293 g/mol. The standard InChI is InChI=1S/C15H23N3O3/c1-4-21-13-8-11(7-12(16)9-13)15(20)17-6-5-14(19)18-10(2)3/h7-10H,4-6,16H2,1-3H3,(H,17,20)(H,18,19). The van der Waals surface area contributed by atoms with Gasteiger partial charge < -0.3 is 21.1 Å². The van der Waals surface area contributed by atoms with Gasteiger partial charge in [-0.1, -0.05) is 0 Å². The van der Waals surface area contributed by atoms with E-state index in [-0.39, 0.29) is 30.8 Å². The molecule has 1 rings (SSSR count). The first-order valence-corrected chi connectivity index (χ1v) is 7.03. The van der Waals surface area contributed by atoms with Gasteiger partial charge in [0.05, 0.1) is 6.61 Å². The maximum Gasteiger partial charge on any atom is 0.251 e. The Morgan fingerprint density at radius 1 is 1.29 bits per heavy atom. The van der Waals surface area contributed by atoms with E-state index in [4.69, 9.17) is 10.5 Å². The Morgan fingerprint density at radius 2 is 2.00 bits per heavy atom. The molecule has 0 fully saturated rings. The molecule has 0 spiro atoms. The van der Waals surface area contributed by atoms with Gasteiger partial charge >= 0.3 is 0 Å². The second-order valence-corrected chi connectivity index (χ2v) is 4.95. The molecule has 1 aromatic carbocycles. The number of hydrogen-bond acceptors (Lipinski definition) is 4. The molecule has 21 heavy (non-hydrogen) atoms. The summed E-state index contributed by atoms with van der Waals surface area (Å²) in [5.74, 6) is 0.189. The zero-order chi connectivity index (χ0) is 15.8. The number of carbonyl (C=O) groups excluding carboxylic acids is 2. The van der Waals surface area contributed by atoms with Crippen molar-refractivity contribution in [1.29, 1.82) is 0 Å². The summed E-state index contributed by atoms with van der Waals surface area (Å²) >= 11 is 0. The van der Waals surface area contributed by atoms with E-state index in [2.05, 4.69) is 10.6 Å². The van der Waals surface area contributed by atoms with E-state index in [1.165, 1.54) is 0 Å². The molecule has 0 aliphatic heterocycles. The molecule has 6 heteroatoms. The molecule has 0 aliphatic rings. The van der Waals surface area contributed by atoms with Gasteiger partial charge in [0.2, 0.25) is 5.91 Å². The van der Waals surface area contributed by atoms with E-state index >= 15 is 0 Å². The summed E-state index contributed by atoms with van der Waals surface area (Å²) in [4.78, 5) is 23.5. The average Bonchev–Trinajstić information content (AvgIpc) is 2.37. The summed E-state index contributed by atoms with van der Waals surface area (Å²) in [6.07, 6.45) is 0.241. The van der Waals surface area contributed by atoms with Gasteiger partial charge in [-0.25, -0.2) is 0 Å². The van der Waals surface area contributed by atoms with Gasteiger partial charge in [-0.05, 0) is 32.9 Å². The Kier molecular flexibility index (Phi) is 6.52. The minimum Gasteiger partial charge on any atom is -0.494 e. The Balaban J connectivity index is 2.54. The molecule has 2 amide bonds. The van der Waals surface area contributed by atoms with Crippen LogP contribution in [0.1, 0.15) is 37.6 Å². The third kappa shape index (κ3) is 6.16. The average molecular weight is 293 g/mol. The van der Waals surface area contributed by atoms with Gasteiger partial charge in [0.15, 0.2) is 0 Å². The second-order valence-electron chi connectivity index (χ2n) is 4.95. The largest absolute Gasteiger partial charge is 0.494 e. The number of hydrogen-bond donors (Lipinski definition) is 3. The fourth-order valence-corrected chi connectivity index (χ4v) is 1.79. The van der Waals surface area contributed by atoms with Crippen LogP contribution in [-0.4, -0.2) is 31.0 Å². The summed E-state index contributed by atoms with van der Waals surface area (Å²) in [6, 6.07) is 4.96. The van der Waals surface area contributed by atoms with E-state index in [0.29, 0.717) is 23.6 Å². The van der Waals surface area contributed by atoms with Gasteiger partial charge in [-0.15, -0.1) is 0 Å². The maximum absolute atomic E-state index is 12.0. The van der Waals surface area contributed by atoms with Crippen LogP contribution in [0.2, 0.25) is 0 Å². The molecule has 4 N–H and O–H groups in total. The summed E-state index contributed by atoms with van der Waals surface area (Å²) in [5, 5.41) is 5.45. The maximum atomic E-state index is 12.0. The Labute approximate surface area is 125 Å². The molecular formula is C15H23N3O3.